The Morgan fingerprint density at radius 3 is 2.40 bits per heavy atom. The minimum Gasteiger partial charge on any atom is -0.495 e. The first kappa shape index (κ1) is 30.6. The number of carbonyl (C=O) groups is 2. The van der Waals surface area contributed by atoms with E-state index in [2.05, 4.69) is 5.32 Å². The first-order valence-electron chi connectivity index (χ1n) is 14.8. The van der Waals surface area contributed by atoms with Gasteiger partial charge in [0, 0.05) is 25.6 Å². The van der Waals surface area contributed by atoms with Gasteiger partial charge in [0.25, 0.3) is 5.91 Å². The standard InChI is InChI=1S/C33H39N3O6S/c1-23(2)26-13-14-29(41-3)31(21-26)43(39,40)35-19-16-25(17-20-35)33(38)36-22-30(42-28-12-8-7-11-27(28)36)32(37)34-18-15-24-9-5-4-6-10-24/h4-14,21,23,25,30H,15-20,22H2,1-3H3,(H,34,37). The molecule has 5 rings (SSSR count). The largest absolute Gasteiger partial charge is 0.495 e. The molecular weight excluding hydrogens is 566 g/mol. The van der Waals surface area contributed by atoms with E-state index in [0.29, 0.717) is 43.0 Å². The third kappa shape index (κ3) is 6.70. The number of hydrogen-bond donors (Lipinski definition) is 1. The Labute approximate surface area is 253 Å². The lowest BCUT2D eigenvalue weighted by molar-refractivity contribution is -0.129. The minimum atomic E-state index is -3.82. The van der Waals surface area contributed by atoms with Gasteiger partial charge in [0.2, 0.25) is 15.9 Å². The van der Waals surface area contributed by atoms with Crippen LogP contribution in [0.3, 0.4) is 0 Å². The van der Waals surface area contributed by atoms with Crippen molar-refractivity contribution in [2.45, 2.75) is 50.0 Å². The number of ether oxygens (including phenoxy) is 2. The second-order valence-electron chi connectivity index (χ2n) is 11.3. The monoisotopic (exact) mass is 605 g/mol. The summed E-state index contributed by atoms with van der Waals surface area (Å²) in [6.07, 6.45) is 0.582. The van der Waals surface area contributed by atoms with E-state index in [1.54, 1.807) is 23.1 Å². The van der Waals surface area contributed by atoms with E-state index < -0.39 is 16.1 Å². The van der Waals surface area contributed by atoms with Crippen LogP contribution in [0.1, 0.15) is 43.7 Å². The van der Waals surface area contributed by atoms with E-state index in [0.717, 1.165) is 11.1 Å². The second-order valence-corrected chi connectivity index (χ2v) is 13.2. The summed E-state index contributed by atoms with van der Waals surface area (Å²) in [7, 11) is -2.36. The molecule has 43 heavy (non-hydrogen) atoms. The third-order valence-electron chi connectivity index (χ3n) is 8.16. The molecule has 2 heterocycles. The molecule has 0 aliphatic carbocycles. The average molecular weight is 606 g/mol. The highest BCUT2D eigenvalue weighted by atomic mass is 32.2. The number of anilines is 1. The molecule has 0 saturated carbocycles. The van der Waals surface area contributed by atoms with Gasteiger partial charge in [-0.3, -0.25) is 9.59 Å². The van der Waals surface area contributed by atoms with Crippen molar-refractivity contribution in [2.75, 3.05) is 38.2 Å². The maximum atomic E-state index is 13.9. The van der Waals surface area contributed by atoms with Crippen LogP contribution in [0.4, 0.5) is 5.69 Å². The summed E-state index contributed by atoms with van der Waals surface area (Å²) in [5.74, 6) is 0.150. The van der Waals surface area contributed by atoms with Gasteiger partial charge >= 0.3 is 0 Å². The van der Waals surface area contributed by atoms with Crippen LogP contribution in [0, 0.1) is 5.92 Å². The van der Waals surface area contributed by atoms with Crippen molar-refractivity contribution >= 4 is 27.5 Å². The zero-order valence-electron chi connectivity index (χ0n) is 24.9. The lowest BCUT2D eigenvalue weighted by Gasteiger charge is -2.38. The molecule has 2 amide bonds. The number of para-hydroxylation sites is 2. The topological polar surface area (TPSA) is 105 Å². The molecule has 9 nitrogen and oxygen atoms in total. The predicted octanol–water partition coefficient (Wildman–Crippen LogP) is 4.37. The molecule has 10 heteroatoms. The van der Waals surface area contributed by atoms with Crippen molar-refractivity contribution in [3.63, 3.8) is 0 Å². The molecule has 0 spiro atoms. The summed E-state index contributed by atoms with van der Waals surface area (Å²) in [4.78, 5) is 28.7. The smallest absolute Gasteiger partial charge is 0.262 e. The number of amides is 2. The van der Waals surface area contributed by atoms with E-state index >= 15 is 0 Å². The Balaban J connectivity index is 1.26. The van der Waals surface area contributed by atoms with Crippen LogP contribution in [-0.4, -0.2) is 63.9 Å². The fourth-order valence-electron chi connectivity index (χ4n) is 5.62. The average Bonchev–Trinajstić information content (AvgIpc) is 3.04. The van der Waals surface area contributed by atoms with Crippen molar-refractivity contribution in [3.05, 3.63) is 83.9 Å². The molecule has 1 saturated heterocycles. The summed E-state index contributed by atoms with van der Waals surface area (Å²) in [5, 5.41) is 2.94. The zero-order valence-corrected chi connectivity index (χ0v) is 25.7. The van der Waals surface area contributed by atoms with E-state index in [1.165, 1.54) is 11.4 Å². The highest BCUT2D eigenvalue weighted by Crippen LogP contribution is 2.37. The number of carbonyl (C=O) groups excluding carboxylic acids is 2. The third-order valence-corrected chi connectivity index (χ3v) is 10.1. The van der Waals surface area contributed by atoms with Gasteiger partial charge in [0.1, 0.15) is 16.4 Å². The van der Waals surface area contributed by atoms with E-state index in [4.69, 9.17) is 9.47 Å². The Kier molecular flexibility index (Phi) is 9.37. The summed E-state index contributed by atoms with van der Waals surface area (Å²) >= 11 is 0. The number of nitrogens with zero attached hydrogens (tertiary/aromatic N) is 2. The van der Waals surface area contributed by atoms with Crippen molar-refractivity contribution in [3.8, 4) is 11.5 Å². The molecule has 228 valence electrons. The van der Waals surface area contributed by atoms with Crippen molar-refractivity contribution in [2.24, 2.45) is 5.92 Å². The molecule has 3 aromatic carbocycles. The number of methoxy groups -OCH3 is 1. The Morgan fingerprint density at radius 2 is 1.70 bits per heavy atom. The molecule has 0 aromatic heterocycles. The molecular formula is C33H39N3O6S. The van der Waals surface area contributed by atoms with Gasteiger partial charge in [-0.05, 0) is 60.6 Å². The van der Waals surface area contributed by atoms with Crippen LogP contribution in [0.2, 0.25) is 0 Å². The number of benzene rings is 3. The van der Waals surface area contributed by atoms with Crippen LogP contribution >= 0.6 is 0 Å². The van der Waals surface area contributed by atoms with Crippen molar-refractivity contribution in [1.82, 2.24) is 9.62 Å². The number of rotatable bonds is 9. The Bertz CT molecular complexity index is 1550. The van der Waals surface area contributed by atoms with Gasteiger partial charge in [0.05, 0.1) is 19.3 Å². The maximum Gasteiger partial charge on any atom is 0.262 e. The van der Waals surface area contributed by atoms with Crippen LogP contribution < -0.4 is 19.7 Å². The molecule has 0 radical (unpaired) electrons. The molecule has 1 fully saturated rings. The summed E-state index contributed by atoms with van der Waals surface area (Å²) in [6, 6.07) is 22.4. The molecule has 2 aliphatic rings. The summed E-state index contributed by atoms with van der Waals surface area (Å²) in [5.41, 5.74) is 2.65. The van der Waals surface area contributed by atoms with Gasteiger partial charge in [0.15, 0.2) is 6.10 Å². The fraction of sp³-hybridized carbons (Fsp3) is 0.394. The van der Waals surface area contributed by atoms with E-state index in [9.17, 15) is 18.0 Å². The molecule has 3 aromatic rings. The first-order valence-corrected chi connectivity index (χ1v) is 16.2. The van der Waals surface area contributed by atoms with E-state index in [1.807, 2.05) is 68.4 Å². The van der Waals surface area contributed by atoms with Crippen molar-refractivity contribution < 1.29 is 27.5 Å². The van der Waals surface area contributed by atoms with E-state index in [-0.39, 0.29) is 48.2 Å². The van der Waals surface area contributed by atoms with Gasteiger partial charge < -0.3 is 19.7 Å². The highest BCUT2D eigenvalue weighted by Gasteiger charge is 2.39. The predicted molar refractivity (Wildman–Crippen MR) is 165 cm³/mol. The van der Waals surface area contributed by atoms with Crippen LogP contribution in [0.15, 0.2) is 77.7 Å². The zero-order chi connectivity index (χ0) is 30.6. The highest BCUT2D eigenvalue weighted by molar-refractivity contribution is 7.89. The molecule has 1 N–H and O–H groups in total. The molecule has 0 bridgehead atoms. The van der Waals surface area contributed by atoms with Gasteiger partial charge in [-0.15, -0.1) is 0 Å². The van der Waals surface area contributed by atoms with Crippen LogP contribution in [0.5, 0.6) is 11.5 Å². The number of sulfonamides is 1. The van der Waals surface area contributed by atoms with Crippen molar-refractivity contribution in [1.29, 1.82) is 0 Å². The molecule has 1 atom stereocenters. The van der Waals surface area contributed by atoms with Gasteiger partial charge in [-0.25, -0.2) is 8.42 Å². The summed E-state index contributed by atoms with van der Waals surface area (Å²) in [6.45, 7) is 4.99. The first-order chi connectivity index (χ1) is 20.7. The molecule has 2 aliphatic heterocycles. The lowest BCUT2D eigenvalue weighted by atomic mass is 9.95. The molecule has 1 unspecified atom stereocenters. The number of fused-ring (bicyclic) bond motifs is 1. The lowest BCUT2D eigenvalue weighted by Crippen LogP contribution is -2.53. The van der Waals surface area contributed by atoms with Crippen LogP contribution in [0.25, 0.3) is 0 Å². The Morgan fingerprint density at radius 1 is 1.00 bits per heavy atom. The Hall–Kier alpha value is -3.89. The summed E-state index contributed by atoms with van der Waals surface area (Å²) < 4.78 is 40.2. The van der Waals surface area contributed by atoms with Gasteiger partial charge in [-0.2, -0.15) is 4.31 Å². The quantitative estimate of drug-likeness (QED) is 0.389. The number of nitrogens with one attached hydrogen (secondary N) is 1. The fourth-order valence-corrected chi connectivity index (χ4v) is 7.29. The number of piperidine rings is 1. The number of hydrogen-bond acceptors (Lipinski definition) is 6. The maximum absolute atomic E-state index is 13.9. The normalized spacial score (nSPS) is 17.7. The SMILES string of the molecule is COc1ccc(C(C)C)cc1S(=O)(=O)N1CCC(C(=O)N2CC(C(=O)NCCc3ccccc3)Oc3ccccc32)CC1. The second kappa shape index (κ2) is 13.2. The minimum absolute atomic E-state index is 0.0880. The van der Waals surface area contributed by atoms with Gasteiger partial charge in [-0.1, -0.05) is 62.4 Å². The van der Waals surface area contributed by atoms with Crippen LogP contribution in [-0.2, 0) is 26.0 Å².